The first-order valence-electron chi connectivity index (χ1n) is 8.87. The van der Waals surface area contributed by atoms with Crippen molar-refractivity contribution < 1.29 is 39.4 Å². The third kappa shape index (κ3) is 5.45. The van der Waals surface area contributed by atoms with Crippen LogP contribution in [0.3, 0.4) is 0 Å². The maximum atomic E-state index is 12.4. The minimum atomic E-state index is -1.71. The van der Waals surface area contributed by atoms with E-state index in [1.54, 1.807) is 6.07 Å². The molecule has 0 aliphatic carbocycles. The van der Waals surface area contributed by atoms with E-state index in [1.165, 1.54) is 12.1 Å². The van der Waals surface area contributed by atoms with Gasteiger partial charge in [-0.25, -0.2) is 4.79 Å². The van der Waals surface area contributed by atoms with Gasteiger partial charge in [-0.05, 0) is 23.8 Å². The highest BCUT2D eigenvalue weighted by atomic mass is 35.5. The van der Waals surface area contributed by atoms with Crippen LogP contribution in [0.4, 0.5) is 0 Å². The summed E-state index contributed by atoms with van der Waals surface area (Å²) in [7, 11) is 0. The van der Waals surface area contributed by atoms with Crippen molar-refractivity contribution in [2.24, 2.45) is 0 Å². The fourth-order valence-electron chi connectivity index (χ4n) is 2.81. The highest BCUT2D eigenvalue weighted by molar-refractivity contribution is 6.31. The number of aliphatic hydroxyl groups excluding tert-OH is 4. The Balaban J connectivity index is 1.61. The Hall–Kier alpha value is -2.20. The highest BCUT2D eigenvalue weighted by Gasteiger charge is 2.43. The number of carbonyl (C=O) groups is 1. The van der Waals surface area contributed by atoms with Gasteiger partial charge < -0.3 is 34.6 Å². The molecular formula is C20H21ClO8. The smallest absolute Gasteiger partial charge is 0.338 e. The third-order valence-electron chi connectivity index (χ3n) is 4.42. The molecule has 8 nitrogen and oxygen atoms in total. The van der Waals surface area contributed by atoms with Crippen molar-refractivity contribution in [2.45, 2.75) is 37.3 Å². The summed E-state index contributed by atoms with van der Waals surface area (Å²) in [6, 6.07) is 13.9. The molecule has 0 amide bonds. The van der Waals surface area contributed by atoms with Gasteiger partial charge in [0, 0.05) is 5.02 Å². The van der Waals surface area contributed by atoms with E-state index in [0.717, 1.165) is 5.56 Å². The number of esters is 1. The third-order valence-corrected chi connectivity index (χ3v) is 4.64. The van der Waals surface area contributed by atoms with Crippen molar-refractivity contribution in [2.75, 3.05) is 6.61 Å². The summed E-state index contributed by atoms with van der Waals surface area (Å²) in [4.78, 5) is 12.4. The van der Waals surface area contributed by atoms with Crippen LogP contribution in [0.2, 0.25) is 5.02 Å². The van der Waals surface area contributed by atoms with Gasteiger partial charge in [-0.1, -0.05) is 41.9 Å². The lowest BCUT2D eigenvalue weighted by molar-refractivity contribution is -0.286. The van der Waals surface area contributed by atoms with E-state index >= 15 is 0 Å². The van der Waals surface area contributed by atoms with Crippen LogP contribution in [-0.2, 0) is 16.1 Å². The second kappa shape index (κ2) is 9.53. The number of benzene rings is 2. The number of aliphatic hydroxyl groups is 4. The Labute approximate surface area is 171 Å². The summed E-state index contributed by atoms with van der Waals surface area (Å²) < 4.78 is 15.7. The van der Waals surface area contributed by atoms with Crippen LogP contribution >= 0.6 is 11.6 Å². The van der Waals surface area contributed by atoms with Crippen molar-refractivity contribution in [3.63, 3.8) is 0 Å². The van der Waals surface area contributed by atoms with Crippen LogP contribution in [0.15, 0.2) is 48.5 Å². The molecule has 1 saturated heterocycles. The number of halogens is 1. The van der Waals surface area contributed by atoms with Crippen LogP contribution in [0.1, 0.15) is 15.9 Å². The molecule has 5 atom stereocenters. The van der Waals surface area contributed by atoms with Gasteiger partial charge in [0.25, 0.3) is 0 Å². The first kappa shape index (κ1) is 21.5. The van der Waals surface area contributed by atoms with E-state index in [0.29, 0.717) is 5.75 Å². The van der Waals surface area contributed by atoms with Gasteiger partial charge in [-0.2, -0.15) is 0 Å². The van der Waals surface area contributed by atoms with Gasteiger partial charge in [-0.15, -0.1) is 0 Å². The molecule has 1 aliphatic rings. The fraction of sp³-hybridized carbons (Fsp3) is 0.350. The Morgan fingerprint density at radius 2 is 1.72 bits per heavy atom. The van der Waals surface area contributed by atoms with Crippen LogP contribution < -0.4 is 4.74 Å². The molecule has 1 unspecified atom stereocenters. The zero-order valence-electron chi connectivity index (χ0n) is 15.2. The number of hydrogen-bond acceptors (Lipinski definition) is 8. The molecule has 9 heteroatoms. The monoisotopic (exact) mass is 424 g/mol. The lowest BCUT2D eigenvalue weighted by atomic mass is 9.99. The summed E-state index contributed by atoms with van der Waals surface area (Å²) in [6.45, 7) is -0.163. The molecule has 156 valence electrons. The fourth-order valence-corrected chi connectivity index (χ4v) is 3.04. The molecule has 0 radical (unpaired) electrons. The second-order valence-corrected chi connectivity index (χ2v) is 7.02. The first-order valence-corrected chi connectivity index (χ1v) is 9.25. The SMILES string of the molecule is O=C(OC[C@H]1OC(O)[C@H](O)[C@@H](O)[C@H]1O)c1cc(Cl)cc(OCc2ccccc2)c1. The summed E-state index contributed by atoms with van der Waals surface area (Å²) >= 11 is 6.06. The molecule has 0 spiro atoms. The molecular weight excluding hydrogens is 404 g/mol. The second-order valence-electron chi connectivity index (χ2n) is 6.59. The van der Waals surface area contributed by atoms with Crippen LogP contribution in [-0.4, -0.2) is 63.7 Å². The largest absolute Gasteiger partial charge is 0.489 e. The molecule has 29 heavy (non-hydrogen) atoms. The highest BCUT2D eigenvalue weighted by Crippen LogP contribution is 2.24. The van der Waals surface area contributed by atoms with E-state index in [-0.39, 0.29) is 17.2 Å². The van der Waals surface area contributed by atoms with Gasteiger partial charge >= 0.3 is 5.97 Å². The predicted molar refractivity (Wildman–Crippen MR) is 101 cm³/mol. The van der Waals surface area contributed by atoms with E-state index in [2.05, 4.69) is 0 Å². The van der Waals surface area contributed by atoms with Crippen molar-refractivity contribution in [3.05, 3.63) is 64.7 Å². The molecule has 1 aliphatic heterocycles. The van der Waals surface area contributed by atoms with Crippen molar-refractivity contribution in [1.82, 2.24) is 0 Å². The quantitative estimate of drug-likeness (QED) is 0.503. The molecule has 2 aromatic carbocycles. The molecule has 3 rings (SSSR count). The summed E-state index contributed by atoms with van der Waals surface area (Å²) in [5.41, 5.74) is 1.06. The Bertz CT molecular complexity index is 830. The van der Waals surface area contributed by atoms with Gasteiger partial charge in [0.1, 0.15) is 43.4 Å². The molecule has 0 aromatic heterocycles. The van der Waals surface area contributed by atoms with E-state index in [4.69, 9.17) is 25.8 Å². The molecule has 4 N–H and O–H groups in total. The van der Waals surface area contributed by atoms with Crippen molar-refractivity contribution in [1.29, 1.82) is 0 Å². The Kier molecular flexibility index (Phi) is 7.07. The van der Waals surface area contributed by atoms with Gasteiger partial charge in [0.05, 0.1) is 5.56 Å². The number of carbonyl (C=O) groups excluding carboxylic acids is 1. The van der Waals surface area contributed by atoms with Gasteiger partial charge in [0.2, 0.25) is 0 Å². The molecule has 1 fully saturated rings. The molecule has 1 heterocycles. The topological polar surface area (TPSA) is 126 Å². The lowest BCUT2D eigenvalue weighted by Crippen LogP contribution is -2.58. The molecule has 0 saturated carbocycles. The average molecular weight is 425 g/mol. The maximum Gasteiger partial charge on any atom is 0.338 e. The maximum absolute atomic E-state index is 12.4. The van der Waals surface area contributed by atoms with Crippen LogP contribution in [0, 0.1) is 0 Å². The standard InChI is InChI=1S/C20H21ClO8/c21-13-6-12(7-14(8-13)27-9-11-4-2-1-3-5-11)19(25)28-10-15-16(22)17(23)18(24)20(26)29-15/h1-8,15-18,20,22-24,26H,9-10H2/t15-,16+,17+,18-,20?/m1/s1. The predicted octanol–water partition coefficient (Wildman–Crippen LogP) is 0.876. The summed E-state index contributed by atoms with van der Waals surface area (Å²) in [6.07, 6.45) is -7.74. The van der Waals surface area contributed by atoms with E-state index in [9.17, 15) is 25.2 Å². The minimum Gasteiger partial charge on any atom is -0.489 e. The zero-order valence-corrected chi connectivity index (χ0v) is 16.0. The van der Waals surface area contributed by atoms with Gasteiger partial charge in [-0.3, -0.25) is 0 Å². The van der Waals surface area contributed by atoms with Crippen LogP contribution in [0.5, 0.6) is 5.75 Å². The van der Waals surface area contributed by atoms with Crippen molar-refractivity contribution >= 4 is 17.6 Å². The first-order chi connectivity index (χ1) is 13.8. The summed E-state index contributed by atoms with van der Waals surface area (Å²) in [5, 5.41) is 38.8. The number of hydrogen-bond donors (Lipinski definition) is 4. The number of ether oxygens (including phenoxy) is 3. The van der Waals surface area contributed by atoms with E-state index in [1.807, 2.05) is 30.3 Å². The lowest BCUT2D eigenvalue weighted by Gasteiger charge is -2.37. The van der Waals surface area contributed by atoms with Gasteiger partial charge in [0.15, 0.2) is 6.29 Å². The minimum absolute atomic E-state index is 0.118. The number of rotatable bonds is 6. The average Bonchev–Trinajstić information content (AvgIpc) is 2.72. The summed E-state index contributed by atoms with van der Waals surface area (Å²) in [5.74, 6) is -0.390. The normalized spacial score (nSPS) is 26.7. The van der Waals surface area contributed by atoms with Crippen molar-refractivity contribution in [3.8, 4) is 5.75 Å². The molecule has 0 bridgehead atoms. The molecule has 2 aromatic rings. The van der Waals surface area contributed by atoms with Crippen LogP contribution in [0.25, 0.3) is 0 Å². The Morgan fingerprint density at radius 3 is 2.45 bits per heavy atom. The Morgan fingerprint density at radius 1 is 1.00 bits per heavy atom. The van der Waals surface area contributed by atoms with E-state index < -0.39 is 43.3 Å². The zero-order chi connectivity index (χ0) is 21.0.